The predicted octanol–water partition coefficient (Wildman–Crippen LogP) is 1.83. The number of hydrogen-bond acceptors (Lipinski definition) is 6. The van der Waals surface area contributed by atoms with Crippen LogP contribution in [0.15, 0.2) is 23.3 Å². The number of nitrogens with one attached hydrogen (secondary N) is 1. The fourth-order valence-electron chi connectivity index (χ4n) is 3.80. The van der Waals surface area contributed by atoms with E-state index >= 15 is 0 Å². The number of aromatic nitrogens is 2. The lowest BCUT2D eigenvalue weighted by molar-refractivity contribution is -0.132. The summed E-state index contributed by atoms with van der Waals surface area (Å²) >= 11 is 0. The number of likely N-dealkylation sites (N-methyl/N-ethyl adjacent to an activating group) is 1. The maximum atomic E-state index is 12.8. The van der Waals surface area contributed by atoms with Crippen LogP contribution in [0.2, 0.25) is 0 Å². The summed E-state index contributed by atoms with van der Waals surface area (Å²) in [5.74, 6) is 1.18. The van der Waals surface area contributed by atoms with Gasteiger partial charge < -0.3 is 19.7 Å². The van der Waals surface area contributed by atoms with Crippen LogP contribution >= 0.6 is 12.4 Å². The van der Waals surface area contributed by atoms with Crippen molar-refractivity contribution in [2.45, 2.75) is 38.3 Å². The molecule has 0 spiro atoms. The number of halogens is 1. The zero-order valence-corrected chi connectivity index (χ0v) is 18.0. The molecule has 1 N–H and O–H groups in total. The summed E-state index contributed by atoms with van der Waals surface area (Å²) in [4.78, 5) is 31.7. The fourth-order valence-corrected chi connectivity index (χ4v) is 3.80. The molecule has 1 fully saturated rings. The third kappa shape index (κ3) is 5.00. The monoisotopic (exact) mass is 424 g/mol. The van der Waals surface area contributed by atoms with Gasteiger partial charge in [0.1, 0.15) is 0 Å². The number of fused-ring (bicyclic) bond motifs is 1. The van der Waals surface area contributed by atoms with Crippen LogP contribution in [0.5, 0.6) is 11.5 Å². The Morgan fingerprint density at radius 1 is 1.28 bits per heavy atom. The first-order valence-corrected chi connectivity index (χ1v) is 9.64. The van der Waals surface area contributed by atoms with E-state index in [1.54, 1.807) is 23.8 Å². The van der Waals surface area contributed by atoms with E-state index in [4.69, 9.17) is 9.47 Å². The smallest absolute Gasteiger partial charge is 0.261 e. The predicted molar refractivity (Wildman–Crippen MR) is 114 cm³/mol. The minimum atomic E-state index is -0.146. The summed E-state index contributed by atoms with van der Waals surface area (Å²) in [6.45, 7) is 2.10. The van der Waals surface area contributed by atoms with E-state index in [0.29, 0.717) is 41.8 Å². The Morgan fingerprint density at radius 2 is 2.00 bits per heavy atom. The third-order valence-electron chi connectivity index (χ3n) is 5.26. The van der Waals surface area contributed by atoms with Gasteiger partial charge in [-0.3, -0.25) is 14.2 Å². The highest BCUT2D eigenvalue weighted by Gasteiger charge is 2.27. The van der Waals surface area contributed by atoms with Crippen molar-refractivity contribution in [2.24, 2.45) is 0 Å². The van der Waals surface area contributed by atoms with Crippen LogP contribution in [-0.2, 0) is 11.3 Å². The minimum absolute atomic E-state index is 0. The highest BCUT2D eigenvalue weighted by atomic mass is 35.5. The van der Waals surface area contributed by atoms with E-state index in [0.717, 1.165) is 25.9 Å². The summed E-state index contributed by atoms with van der Waals surface area (Å²) in [7, 11) is 4.98. The Hall–Kier alpha value is -2.32. The average molecular weight is 425 g/mol. The molecule has 29 heavy (non-hydrogen) atoms. The summed E-state index contributed by atoms with van der Waals surface area (Å²) in [5.41, 5.74) is 0.412. The van der Waals surface area contributed by atoms with Crippen LogP contribution in [0.1, 0.15) is 25.7 Å². The Balaban J connectivity index is 0.00000300. The molecule has 0 radical (unpaired) electrons. The number of ether oxygens (including phenoxy) is 2. The van der Waals surface area contributed by atoms with Crippen LogP contribution in [0.3, 0.4) is 0 Å². The van der Waals surface area contributed by atoms with Crippen LogP contribution in [0.4, 0.5) is 0 Å². The number of rotatable bonds is 8. The highest BCUT2D eigenvalue weighted by molar-refractivity contribution is 5.85. The molecule has 1 atom stereocenters. The molecule has 8 nitrogen and oxygen atoms in total. The first-order chi connectivity index (χ1) is 13.6. The number of hydrogen-bond donors (Lipinski definition) is 1. The maximum absolute atomic E-state index is 12.8. The number of methoxy groups -OCH3 is 2. The van der Waals surface area contributed by atoms with E-state index in [-0.39, 0.29) is 29.9 Å². The van der Waals surface area contributed by atoms with Gasteiger partial charge in [0.05, 0.1) is 31.4 Å². The van der Waals surface area contributed by atoms with Crippen molar-refractivity contribution in [2.75, 3.05) is 34.4 Å². The molecule has 1 aromatic heterocycles. The van der Waals surface area contributed by atoms with E-state index in [9.17, 15) is 9.59 Å². The molecule has 2 heterocycles. The minimum Gasteiger partial charge on any atom is -0.493 e. The largest absolute Gasteiger partial charge is 0.493 e. The molecule has 1 aliphatic rings. The summed E-state index contributed by atoms with van der Waals surface area (Å²) in [6, 6.07) is 3.63. The lowest BCUT2D eigenvalue weighted by atomic mass is 10.2. The van der Waals surface area contributed by atoms with Crippen LogP contribution in [0, 0.1) is 0 Å². The molecule has 1 aliphatic heterocycles. The standard InChI is InChI=1S/C20H28N4O4.ClH/c1-21-12-14-6-4-9-24(14)19(25)7-5-8-23-13-22-16-11-18(28-3)17(27-2)10-15(16)20(23)26;/h10-11,13-14,21H,4-9,12H2,1-3H3;1H. The van der Waals surface area contributed by atoms with Gasteiger partial charge >= 0.3 is 0 Å². The summed E-state index contributed by atoms with van der Waals surface area (Å²) < 4.78 is 12.1. The first kappa shape index (κ1) is 23.0. The van der Waals surface area contributed by atoms with E-state index in [1.165, 1.54) is 13.4 Å². The van der Waals surface area contributed by atoms with Crippen molar-refractivity contribution in [3.05, 3.63) is 28.8 Å². The molecule has 3 rings (SSSR count). The van der Waals surface area contributed by atoms with Gasteiger partial charge in [0, 0.05) is 38.2 Å². The third-order valence-corrected chi connectivity index (χ3v) is 5.26. The quantitative estimate of drug-likeness (QED) is 0.695. The van der Waals surface area contributed by atoms with Gasteiger partial charge in [0.25, 0.3) is 5.56 Å². The summed E-state index contributed by atoms with van der Waals surface area (Å²) in [6.07, 6.45) is 4.66. The molecule has 9 heteroatoms. The normalized spacial score (nSPS) is 16.0. The molecule has 1 aromatic carbocycles. The van der Waals surface area contributed by atoms with Gasteiger partial charge in [-0.1, -0.05) is 0 Å². The lowest BCUT2D eigenvalue weighted by Gasteiger charge is -2.24. The average Bonchev–Trinajstić information content (AvgIpc) is 3.17. The number of aryl methyl sites for hydroxylation is 1. The molecular formula is C20H29ClN4O4. The number of likely N-dealkylation sites (tertiary alicyclic amines) is 1. The van der Waals surface area contributed by atoms with Gasteiger partial charge in [0.2, 0.25) is 5.91 Å². The first-order valence-electron chi connectivity index (χ1n) is 9.64. The number of carbonyl (C=O) groups is 1. The van der Waals surface area contributed by atoms with Crippen molar-refractivity contribution in [1.29, 1.82) is 0 Å². The Kier molecular flexibility index (Phi) is 8.28. The van der Waals surface area contributed by atoms with Gasteiger partial charge in [-0.2, -0.15) is 0 Å². The topological polar surface area (TPSA) is 85.7 Å². The molecular weight excluding hydrogens is 396 g/mol. The van der Waals surface area contributed by atoms with Crippen molar-refractivity contribution in [1.82, 2.24) is 19.8 Å². The van der Waals surface area contributed by atoms with Gasteiger partial charge in [-0.15, -0.1) is 12.4 Å². The van der Waals surface area contributed by atoms with Crippen LogP contribution in [-0.4, -0.2) is 60.8 Å². The number of carbonyl (C=O) groups excluding carboxylic acids is 1. The molecule has 1 unspecified atom stereocenters. The Labute approximate surface area is 176 Å². The molecule has 2 aromatic rings. The molecule has 1 saturated heterocycles. The lowest BCUT2D eigenvalue weighted by Crippen LogP contribution is -2.40. The number of nitrogens with zero attached hydrogens (tertiary/aromatic N) is 3. The molecule has 0 aliphatic carbocycles. The van der Waals surface area contributed by atoms with Crippen molar-refractivity contribution in [3.63, 3.8) is 0 Å². The van der Waals surface area contributed by atoms with Gasteiger partial charge in [0.15, 0.2) is 11.5 Å². The maximum Gasteiger partial charge on any atom is 0.261 e. The molecule has 0 bridgehead atoms. The van der Waals surface area contributed by atoms with Crippen molar-refractivity contribution >= 4 is 29.2 Å². The zero-order chi connectivity index (χ0) is 20.1. The van der Waals surface area contributed by atoms with Gasteiger partial charge in [-0.25, -0.2) is 4.98 Å². The highest BCUT2D eigenvalue weighted by Crippen LogP contribution is 2.29. The van der Waals surface area contributed by atoms with Crippen LogP contribution < -0.4 is 20.3 Å². The number of amides is 1. The SMILES string of the molecule is CNCC1CCCN1C(=O)CCCn1cnc2cc(OC)c(OC)cc2c1=O.Cl. The van der Waals surface area contributed by atoms with Crippen molar-refractivity contribution in [3.8, 4) is 11.5 Å². The molecule has 160 valence electrons. The summed E-state index contributed by atoms with van der Waals surface area (Å²) in [5, 5.41) is 3.62. The number of benzene rings is 1. The second kappa shape index (κ2) is 10.5. The zero-order valence-electron chi connectivity index (χ0n) is 17.1. The Bertz CT molecular complexity index is 902. The second-order valence-corrected chi connectivity index (χ2v) is 7.01. The van der Waals surface area contributed by atoms with E-state index in [1.807, 2.05) is 11.9 Å². The van der Waals surface area contributed by atoms with E-state index in [2.05, 4.69) is 10.3 Å². The van der Waals surface area contributed by atoms with Gasteiger partial charge in [-0.05, 0) is 32.4 Å². The molecule has 0 saturated carbocycles. The van der Waals surface area contributed by atoms with Crippen molar-refractivity contribution < 1.29 is 14.3 Å². The Morgan fingerprint density at radius 3 is 2.69 bits per heavy atom. The fraction of sp³-hybridized carbons (Fsp3) is 0.550. The second-order valence-electron chi connectivity index (χ2n) is 7.01. The van der Waals surface area contributed by atoms with E-state index < -0.39 is 0 Å². The van der Waals surface area contributed by atoms with Crippen LogP contribution in [0.25, 0.3) is 10.9 Å². The molecule has 1 amide bonds.